The molecule has 0 amide bonds. The zero-order chi connectivity index (χ0) is 11.7. The molecule has 0 bridgehead atoms. The van der Waals surface area contributed by atoms with E-state index in [-0.39, 0.29) is 11.5 Å². The molecule has 0 radical (unpaired) electrons. The first-order valence-corrected chi connectivity index (χ1v) is 6.25. The maximum Gasteiger partial charge on any atom is 0.121 e. The van der Waals surface area contributed by atoms with Crippen LogP contribution in [0.5, 0.6) is 5.75 Å². The molecule has 0 spiro atoms. The van der Waals surface area contributed by atoms with Crippen molar-refractivity contribution in [3.05, 3.63) is 30.7 Å². The maximum atomic E-state index is 6.07. The van der Waals surface area contributed by atoms with E-state index in [0.29, 0.717) is 0 Å². The zero-order valence-electron chi connectivity index (χ0n) is 9.34. The monoisotopic (exact) mass is 248 g/mol. The van der Waals surface area contributed by atoms with Crippen LogP contribution in [0.25, 0.3) is 10.9 Å². The number of hydrogen-bond donors (Lipinski definition) is 0. The standard InChI is InChI=1S/C13H13ClN2O/c14-10-2-4-11(5-10)17-12-3-1-9-7-15-8-16-13(9)6-12/h1,3,6-8,10-11H,2,4-5H2. The summed E-state index contributed by atoms with van der Waals surface area (Å²) in [4.78, 5) is 8.20. The van der Waals surface area contributed by atoms with Gasteiger partial charge in [0.25, 0.3) is 0 Å². The molecule has 1 saturated carbocycles. The van der Waals surface area contributed by atoms with Crippen molar-refractivity contribution in [1.29, 1.82) is 0 Å². The Morgan fingerprint density at radius 3 is 3.06 bits per heavy atom. The van der Waals surface area contributed by atoms with Gasteiger partial charge in [0.2, 0.25) is 0 Å². The Bertz CT molecular complexity index is 532. The molecule has 1 aliphatic carbocycles. The van der Waals surface area contributed by atoms with Crippen LogP contribution >= 0.6 is 11.6 Å². The van der Waals surface area contributed by atoms with Gasteiger partial charge in [0.15, 0.2) is 0 Å². The molecule has 0 aliphatic heterocycles. The molecule has 2 aromatic rings. The average molecular weight is 249 g/mol. The summed E-state index contributed by atoms with van der Waals surface area (Å²) < 4.78 is 5.91. The molecule has 1 heterocycles. The van der Waals surface area contributed by atoms with Crippen LogP contribution in [0, 0.1) is 0 Å². The molecule has 0 N–H and O–H groups in total. The number of rotatable bonds is 2. The third-order valence-electron chi connectivity index (χ3n) is 3.10. The van der Waals surface area contributed by atoms with Gasteiger partial charge < -0.3 is 4.74 Å². The Labute approximate surface area is 105 Å². The summed E-state index contributed by atoms with van der Waals surface area (Å²) in [5.74, 6) is 0.868. The van der Waals surface area contributed by atoms with Gasteiger partial charge in [-0.25, -0.2) is 9.97 Å². The minimum atomic E-state index is 0.247. The van der Waals surface area contributed by atoms with Gasteiger partial charge in [-0.15, -0.1) is 11.6 Å². The molecule has 1 fully saturated rings. The largest absolute Gasteiger partial charge is 0.490 e. The first-order valence-electron chi connectivity index (χ1n) is 5.82. The van der Waals surface area contributed by atoms with Crippen molar-refractivity contribution in [1.82, 2.24) is 9.97 Å². The SMILES string of the molecule is ClC1CCC(Oc2ccc3cncnc3c2)C1. The summed E-state index contributed by atoms with van der Waals surface area (Å²) in [6.45, 7) is 0. The highest BCUT2D eigenvalue weighted by atomic mass is 35.5. The van der Waals surface area contributed by atoms with Gasteiger partial charge in [0.05, 0.1) is 5.52 Å². The van der Waals surface area contributed by atoms with E-state index < -0.39 is 0 Å². The van der Waals surface area contributed by atoms with Crippen LogP contribution in [0.4, 0.5) is 0 Å². The molecule has 3 rings (SSSR count). The molecule has 1 aliphatic rings. The van der Waals surface area contributed by atoms with Crippen molar-refractivity contribution in [2.45, 2.75) is 30.7 Å². The summed E-state index contributed by atoms with van der Waals surface area (Å²) in [5.41, 5.74) is 0.915. The molecule has 1 aromatic carbocycles. The van der Waals surface area contributed by atoms with E-state index >= 15 is 0 Å². The highest BCUT2D eigenvalue weighted by Gasteiger charge is 2.24. The summed E-state index contributed by atoms with van der Waals surface area (Å²) >= 11 is 6.07. The number of nitrogens with zero attached hydrogens (tertiary/aromatic N) is 2. The van der Waals surface area contributed by atoms with Crippen molar-refractivity contribution in [3.63, 3.8) is 0 Å². The van der Waals surface area contributed by atoms with E-state index in [1.807, 2.05) is 18.2 Å². The lowest BCUT2D eigenvalue weighted by Gasteiger charge is -2.13. The molecular formula is C13H13ClN2O. The molecular weight excluding hydrogens is 236 g/mol. The van der Waals surface area contributed by atoms with Gasteiger partial charge >= 0.3 is 0 Å². The third kappa shape index (κ3) is 2.34. The van der Waals surface area contributed by atoms with Crippen LogP contribution in [0.1, 0.15) is 19.3 Å². The van der Waals surface area contributed by atoms with Gasteiger partial charge in [0.1, 0.15) is 18.2 Å². The molecule has 1 aromatic heterocycles. The van der Waals surface area contributed by atoms with Crippen molar-refractivity contribution >= 4 is 22.5 Å². The Morgan fingerprint density at radius 2 is 2.24 bits per heavy atom. The quantitative estimate of drug-likeness (QED) is 0.766. The van der Waals surface area contributed by atoms with E-state index in [1.54, 1.807) is 12.5 Å². The topological polar surface area (TPSA) is 35.0 Å². The lowest BCUT2D eigenvalue weighted by molar-refractivity contribution is 0.210. The summed E-state index contributed by atoms with van der Waals surface area (Å²) in [7, 11) is 0. The molecule has 3 nitrogen and oxygen atoms in total. The highest BCUT2D eigenvalue weighted by Crippen LogP contribution is 2.28. The normalized spacial score (nSPS) is 24.1. The Balaban J connectivity index is 1.81. The summed E-state index contributed by atoms with van der Waals surface area (Å²) in [6.07, 6.45) is 6.62. The number of halogens is 1. The second-order valence-electron chi connectivity index (χ2n) is 4.39. The lowest BCUT2D eigenvalue weighted by Crippen LogP contribution is -2.12. The van der Waals surface area contributed by atoms with Crippen LogP contribution in [0.15, 0.2) is 30.7 Å². The van der Waals surface area contributed by atoms with Gasteiger partial charge in [-0.05, 0) is 25.0 Å². The average Bonchev–Trinajstić information content (AvgIpc) is 2.75. The number of aromatic nitrogens is 2. The molecule has 17 heavy (non-hydrogen) atoms. The van der Waals surface area contributed by atoms with Crippen molar-refractivity contribution in [2.24, 2.45) is 0 Å². The van der Waals surface area contributed by atoms with E-state index in [9.17, 15) is 0 Å². The number of benzene rings is 1. The Kier molecular flexibility index (Phi) is 2.85. The van der Waals surface area contributed by atoms with Crippen LogP contribution in [-0.2, 0) is 0 Å². The van der Waals surface area contributed by atoms with E-state index in [2.05, 4.69) is 9.97 Å². The minimum Gasteiger partial charge on any atom is -0.490 e. The van der Waals surface area contributed by atoms with E-state index in [0.717, 1.165) is 35.9 Å². The number of alkyl halides is 1. The van der Waals surface area contributed by atoms with Crippen molar-refractivity contribution < 1.29 is 4.74 Å². The van der Waals surface area contributed by atoms with Crippen molar-refractivity contribution in [2.75, 3.05) is 0 Å². The summed E-state index contributed by atoms with van der Waals surface area (Å²) in [5, 5.41) is 1.30. The first kappa shape index (κ1) is 10.8. The van der Waals surface area contributed by atoms with Crippen LogP contribution in [0.2, 0.25) is 0 Å². The Morgan fingerprint density at radius 1 is 1.29 bits per heavy atom. The van der Waals surface area contributed by atoms with Gasteiger partial charge in [-0.2, -0.15) is 0 Å². The third-order valence-corrected chi connectivity index (χ3v) is 3.50. The first-order chi connectivity index (χ1) is 8.31. The highest BCUT2D eigenvalue weighted by molar-refractivity contribution is 6.20. The second kappa shape index (κ2) is 4.49. The summed E-state index contributed by atoms with van der Waals surface area (Å²) in [6, 6.07) is 5.91. The number of hydrogen-bond acceptors (Lipinski definition) is 3. The fourth-order valence-electron chi connectivity index (χ4n) is 2.21. The molecule has 2 unspecified atom stereocenters. The van der Waals surface area contributed by atoms with E-state index in [4.69, 9.17) is 16.3 Å². The molecule has 0 saturated heterocycles. The Hall–Kier alpha value is -1.35. The predicted octanol–water partition coefficient (Wildman–Crippen LogP) is 3.17. The smallest absolute Gasteiger partial charge is 0.121 e. The zero-order valence-corrected chi connectivity index (χ0v) is 10.1. The number of ether oxygens (including phenoxy) is 1. The fourth-order valence-corrected chi connectivity index (χ4v) is 2.54. The lowest BCUT2D eigenvalue weighted by atomic mass is 10.2. The molecule has 88 valence electrons. The predicted molar refractivity (Wildman–Crippen MR) is 67.4 cm³/mol. The molecule has 4 heteroatoms. The van der Waals surface area contributed by atoms with Crippen LogP contribution in [-0.4, -0.2) is 21.4 Å². The number of fused-ring (bicyclic) bond motifs is 1. The van der Waals surface area contributed by atoms with E-state index in [1.165, 1.54) is 0 Å². The maximum absolute atomic E-state index is 6.07. The van der Waals surface area contributed by atoms with Crippen LogP contribution in [0.3, 0.4) is 0 Å². The molecule has 2 atom stereocenters. The second-order valence-corrected chi connectivity index (χ2v) is 5.01. The van der Waals surface area contributed by atoms with Crippen LogP contribution < -0.4 is 4.74 Å². The fraction of sp³-hybridized carbons (Fsp3) is 0.385. The van der Waals surface area contributed by atoms with Gasteiger partial charge in [-0.1, -0.05) is 0 Å². The van der Waals surface area contributed by atoms with Gasteiger partial charge in [0, 0.05) is 29.4 Å². The van der Waals surface area contributed by atoms with Gasteiger partial charge in [-0.3, -0.25) is 0 Å². The minimum absolute atomic E-state index is 0.247. The van der Waals surface area contributed by atoms with Crippen molar-refractivity contribution in [3.8, 4) is 5.75 Å².